The van der Waals surface area contributed by atoms with Gasteiger partial charge in [-0.1, -0.05) is 31.2 Å². The van der Waals surface area contributed by atoms with Crippen molar-refractivity contribution in [2.24, 2.45) is 5.10 Å². The minimum Gasteiger partial charge on any atom is -0.490 e. The van der Waals surface area contributed by atoms with E-state index in [1.807, 2.05) is 20.8 Å². The highest BCUT2D eigenvalue weighted by Gasteiger charge is 2.13. The Morgan fingerprint density at radius 3 is 2.47 bits per heavy atom. The Balaban J connectivity index is 2.14. The van der Waals surface area contributed by atoms with Gasteiger partial charge >= 0.3 is 0 Å². The van der Waals surface area contributed by atoms with Crippen LogP contribution >= 0.6 is 11.6 Å². The lowest BCUT2D eigenvalue weighted by Crippen LogP contribution is -2.17. The van der Waals surface area contributed by atoms with Crippen molar-refractivity contribution in [1.82, 2.24) is 5.43 Å². The minimum absolute atomic E-state index is 0.338. The predicted octanol–water partition coefficient (Wildman–Crippen LogP) is 5.25. The molecule has 1 amide bonds. The van der Waals surface area contributed by atoms with Crippen LogP contribution in [0.3, 0.4) is 0 Å². The Morgan fingerprint density at radius 2 is 1.78 bits per heavy atom. The van der Waals surface area contributed by atoms with Crippen molar-refractivity contribution in [3.8, 4) is 23.0 Å². The molecule has 0 radical (unpaired) electrons. The number of hydrogen-bond donors (Lipinski definition) is 1. The monoisotopic (exact) mass is 460 g/mol. The van der Waals surface area contributed by atoms with Crippen LogP contribution in [0.4, 0.5) is 0 Å². The van der Waals surface area contributed by atoms with E-state index in [4.69, 9.17) is 30.5 Å². The lowest BCUT2D eigenvalue weighted by atomic mass is 10.2. The molecule has 0 heterocycles. The molecule has 8 heteroatoms. The van der Waals surface area contributed by atoms with Crippen LogP contribution in [0, 0.1) is 0 Å². The molecule has 0 aliphatic carbocycles. The van der Waals surface area contributed by atoms with Crippen molar-refractivity contribution in [1.29, 1.82) is 0 Å². The second kappa shape index (κ2) is 13.3. The van der Waals surface area contributed by atoms with Gasteiger partial charge in [-0.05, 0) is 56.2 Å². The van der Waals surface area contributed by atoms with E-state index < -0.39 is 5.91 Å². The van der Waals surface area contributed by atoms with Gasteiger partial charge in [0, 0.05) is 5.56 Å². The number of hydrogen-bond acceptors (Lipinski definition) is 6. The van der Waals surface area contributed by atoms with Crippen LogP contribution in [0.15, 0.2) is 48.1 Å². The molecule has 0 aromatic heterocycles. The van der Waals surface area contributed by atoms with Crippen molar-refractivity contribution < 1.29 is 23.7 Å². The summed E-state index contributed by atoms with van der Waals surface area (Å²) in [7, 11) is 0. The fourth-order valence-electron chi connectivity index (χ4n) is 2.69. The molecule has 1 N–H and O–H groups in total. The van der Waals surface area contributed by atoms with E-state index in [9.17, 15) is 4.79 Å². The average Bonchev–Trinajstić information content (AvgIpc) is 2.78. The molecule has 172 valence electrons. The predicted molar refractivity (Wildman–Crippen MR) is 127 cm³/mol. The highest BCUT2D eigenvalue weighted by Crippen LogP contribution is 2.36. The van der Waals surface area contributed by atoms with Crippen LogP contribution in [-0.4, -0.2) is 38.5 Å². The van der Waals surface area contributed by atoms with Crippen molar-refractivity contribution >= 4 is 23.7 Å². The van der Waals surface area contributed by atoms with Gasteiger partial charge in [0.2, 0.25) is 0 Å². The summed E-state index contributed by atoms with van der Waals surface area (Å²) in [5.41, 5.74) is 3.54. The maximum absolute atomic E-state index is 12.5. The molecule has 0 aliphatic rings. The second-order valence-corrected chi connectivity index (χ2v) is 6.91. The van der Waals surface area contributed by atoms with Gasteiger partial charge in [0.25, 0.3) is 5.91 Å². The summed E-state index contributed by atoms with van der Waals surface area (Å²) in [6.45, 7) is 11.1. The zero-order chi connectivity index (χ0) is 23.3. The number of nitrogens with zero attached hydrogens (tertiary/aromatic N) is 1. The Labute approximate surface area is 194 Å². The maximum atomic E-state index is 12.5. The van der Waals surface area contributed by atoms with E-state index in [0.29, 0.717) is 65.6 Å². The average molecular weight is 461 g/mol. The summed E-state index contributed by atoms with van der Waals surface area (Å²) in [5, 5.41) is 4.45. The molecule has 0 fully saturated rings. The van der Waals surface area contributed by atoms with Gasteiger partial charge in [-0.3, -0.25) is 4.79 Å². The number of ether oxygens (including phenoxy) is 4. The molecule has 0 spiro atoms. The largest absolute Gasteiger partial charge is 0.490 e. The van der Waals surface area contributed by atoms with Crippen LogP contribution in [0.1, 0.15) is 43.1 Å². The third-order valence-corrected chi connectivity index (χ3v) is 4.31. The van der Waals surface area contributed by atoms with E-state index in [2.05, 4.69) is 17.1 Å². The normalized spacial score (nSPS) is 10.6. The summed E-state index contributed by atoms with van der Waals surface area (Å²) in [5.74, 6) is 1.64. The summed E-state index contributed by atoms with van der Waals surface area (Å²) >= 11 is 6.36. The zero-order valence-electron chi connectivity index (χ0n) is 18.7. The summed E-state index contributed by atoms with van der Waals surface area (Å²) in [6.07, 6.45) is 3.97. The van der Waals surface area contributed by atoms with Crippen LogP contribution in [-0.2, 0) is 0 Å². The minimum atomic E-state index is -0.392. The Bertz CT molecular complexity index is 946. The Morgan fingerprint density at radius 1 is 1.03 bits per heavy atom. The number of rotatable bonds is 13. The van der Waals surface area contributed by atoms with Gasteiger partial charge in [0.15, 0.2) is 23.0 Å². The number of carbonyl (C=O) groups is 1. The SMILES string of the molecule is C=CCOc1ccc(C(=O)N/N=C/c2cc(Cl)c(OCCC)c(OCC)c2)cc1OCC. The van der Waals surface area contributed by atoms with Gasteiger partial charge in [0.1, 0.15) is 6.61 Å². The number of nitrogens with one attached hydrogen (secondary N) is 1. The standard InChI is InChI=1S/C24H29ClN2O5/c1-5-11-31-20-10-9-18(15-21(20)29-7-3)24(28)27-26-16-17-13-19(25)23(32-12-6-2)22(14-17)30-8-4/h5,9-10,13-16H,1,6-8,11-12H2,2-4H3,(H,27,28)/b26-16+. The van der Waals surface area contributed by atoms with E-state index in [-0.39, 0.29) is 0 Å². The van der Waals surface area contributed by atoms with Gasteiger partial charge in [-0.2, -0.15) is 5.10 Å². The maximum Gasteiger partial charge on any atom is 0.271 e. The van der Waals surface area contributed by atoms with Gasteiger partial charge in [0.05, 0.1) is 31.1 Å². The van der Waals surface area contributed by atoms with Crippen molar-refractivity contribution in [3.05, 3.63) is 59.1 Å². The molecule has 7 nitrogen and oxygen atoms in total. The molecule has 0 atom stereocenters. The third kappa shape index (κ3) is 7.20. The molecule has 0 aliphatic heterocycles. The van der Waals surface area contributed by atoms with Gasteiger partial charge in [-0.25, -0.2) is 5.43 Å². The fraction of sp³-hybridized carbons (Fsp3) is 0.333. The van der Waals surface area contributed by atoms with Crippen LogP contribution < -0.4 is 24.4 Å². The highest BCUT2D eigenvalue weighted by atomic mass is 35.5. The zero-order valence-corrected chi connectivity index (χ0v) is 19.4. The Hall–Kier alpha value is -3.19. The molecule has 0 saturated heterocycles. The number of halogens is 1. The number of carbonyl (C=O) groups excluding carboxylic acids is 1. The Kier molecular flexibility index (Phi) is 10.4. The smallest absolute Gasteiger partial charge is 0.271 e. The first-order valence-electron chi connectivity index (χ1n) is 10.5. The van der Waals surface area contributed by atoms with E-state index in [1.54, 1.807) is 36.4 Å². The van der Waals surface area contributed by atoms with Crippen LogP contribution in [0.25, 0.3) is 0 Å². The summed E-state index contributed by atoms with van der Waals surface area (Å²) in [4.78, 5) is 12.5. The van der Waals surface area contributed by atoms with Crippen LogP contribution in [0.5, 0.6) is 23.0 Å². The molecule has 0 bridgehead atoms. The first-order valence-corrected chi connectivity index (χ1v) is 10.8. The topological polar surface area (TPSA) is 78.4 Å². The van der Waals surface area contributed by atoms with Crippen molar-refractivity contribution in [2.45, 2.75) is 27.2 Å². The van der Waals surface area contributed by atoms with Gasteiger partial charge < -0.3 is 18.9 Å². The lowest BCUT2D eigenvalue weighted by molar-refractivity contribution is 0.0954. The molecular weight excluding hydrogens is 432 g/mol. The molecule has 2 aromatic rings. The number of hydrazone groups is 1. The van der Waals surface area contributed by atoms with E-state index >= 15 is 0 Å². The summed E-state index contributed by atoms with van der Waals surface area (Å²) in [6, 6.07) is 8.38. The van der Waals surface area contributed by atoms with E-state index in [0.717, 1.165) is 6.42 Å². The van der Waals surface area contributed by atoms with Gasteiger partial charge in [-0.15, -0.1) is 0 Å². The summed E-state index contributed by atoms with van der Waals surface area (Å²) < 4.78 is 22.4. The van der Waals surface area contributed by atoms with Crippen LogP contribution in [0.2, 0.25) is 5.02 Å². The highest BCUT2D eigenvalue weighted by molar-refractivity contribution is 6.32. The molecule has 0 saturated carbocycles. The fourth-order valence-corrected chi connectivity index (χ4v) is 2.96. The first-order chi connectivity index (χ1) is 15.5. The molecule has 2 rings (SSSR count). The quantitative estimate of drug-likeness (QED) is 0.251. The molecule has 2 aromatic carbocycles. The third-order valence-electron chi connectivity index (χ3n) is 4.02. The lowest BCUT2D eigenvalue weighted by Gasteiger charge is -2.14. The molecule has 0 unspecified atom stereocenters. The first kappa shape index (κ1) is 25.1. The van der Waals surface area contributed by atoms with Crippen molar-refractivity contribution in [2.75, 3.05) is 26.4 Å². The molecular formula is C24H29ClN2O5. The van der Waals surface area contributed by atoms with Crippen molar-refractivity contribution in [3.63, 3.8) is 0 Å². The second-order valence-electron chi connectivity index (χ2n) is 6.50. The van der Waals surface area contributed by atoms with E-state index in [1.165, 1.54) is 6.21 Å². The molecule has 32 heavy (non-hydrogen) atoms. The number of benzene rings is 2. The number of amides is 1.